The molecular weight excluding hydrogens is 386 g/mol. The number of hydrogen-bond acceptors (Lipinski definition) is 6. The minimum Gasteiger partial charge on any atom is -0.492 e. The quantitative estimate of drug-likeness (QED) is 0.531. The second-order valence-electron chi connectivity index (χ2n) is 6.62. The normalized spacial score (nSPS) is 19.0. The number of methoxy groups -OCH3 is 1. The molecule has 1 aromatic carbocycles. The molecule has 1 aliphatic heterocycles. The van der Waals surface area contributed by atoms with Crippen molar-refractivity contribution in [1.82, 2.24) is 10.2 Å². The largest absolute Gasteiger partial charge is 0.492 e. The van der Waals surface area contributed by atoms with Crippen LogP contribution in [0.3, 0.4) is 0 Å². The molecule has 9 heteroatoms. The molecule has 0 radical (unpaired) electrons. The number of esters is 1. The Balaban J connectivity index is 0.00000392. The van der Waals surface area contributed by atoms with Crippen molar-refractivity contribution in [3.8, 4) is 5.75 Å². The molecule has 156 valence electrons. The number of carbonyl (C=O) groups is 3. The summed E-state index contributed by atoms with van der Waals surface area (Å²) in [6, 6.07) is 6.55. The van der Waals surface area contributed by atoms with E-state index in [1.807, 2.05) is 0 Å². The summed E-state index contributed by atoms with van der Waals surface area (Å²) >= 11 is 0. The van der Waals surface area contributed by atoms with E-state index in [4.69, 9.17) is 10.5 Å². The molecule has 2 rings (SSSR count). The van der Waals surface area contributed by atoms with Crippen molar-refractivity contribution in [3.05, 3.63) is 29.8 Å². The lowest BCUT2D eigenvalue weighted by Crippen LogP contribution is -2.42. The SMILES string of the molecule is COC(=O)c1cccc(OCCNC(=O)[C@@H]2CC[C@H](N)CN(C(C)=O)C2)c1.Cl. The van der Waals surface area contributed by atoms with Gasteiger partial charge in [-0.25, -0.2) is 4.79 Å². The van der Waals surface area contributed by atoms with Crippen molar-refractivity contribution in [1.29, 1.82) is 0 Å². The second-order valence-corrected chi connectivity index (χ2v) is 6.62. The molecule has 0 spiro atoms. The van der Waals surface area contributed by atoms with Crippen molar-refractivity contribution in [3.63, 3.8) is 0 Å². The summed E-state index contributed by atoms with van der Waals surface area (Å²) in [6.07, 6.45) is 1.36. The Morgan fingerprint density at radius 3 is 2.68 bits per heavy atom. The van der Waals surface area contributed by atoms with E-state index in [2.05, 4.69) is 10.1 Å². The molecule has 0 aromatic heterocycles. The Labute approximate surface area is 171 Å². The van der Waals surface area contributed by atoms with Crippen molar-refractivity contribution >= 4 is 30.2 Å². The highest BCUT2D eigenvalue weighted by Gasteiger charge is 2.28. The van der Waals surface area contributed by atoms with Crippen LogP contribution in [0.2, 0.25) is 0 Å². The fourth-order valence-electron chi connectivity index (χ4n) is 3.01. The minimum absolute atomic E-state index is 0. The number of likely N-dealkylation sites (tertiary alicyclic amines) is 1. The summed E-state index contributed by atoms with van der Waals surface area (Å²) in [6.45, 7) is 2.95. The first kappa shape index (κ1) is 23.7. The van der Waals surface area contributed by atoms with Crippen LogP contribution in [0, 0.1) is 5.92 Å². The molecule has 28 heavy (non-hydrogen) atoms. The average molecular weight is 414 g/mol. The number of carbonyl (C=O) groups excluding carboxylic acids is 3. The van der Waals surface area contributed by atoms with Gasteiger partial charge in [0, 0.05) is 26.1 Å². The van der Waals surface area contributed by atoms with Gasteiger partial charge < -0.3 is 25.4 Å². The Morgan fingerprint density at radius 2 is 2.00 bits per heavy atom. The molecule has 2 amide bonds. The van der Waals surface area contributed by atoms with Gasteiger partial charge in [0.05, 0.1) is 25.1 Å². The molecule has 1 saturated heterocycles. The van der Waals surface area contributed by atoms with Gasteiger partial charge in [0.15, 0.2) is 0 Å². The summed E-state index contributed by atoms with van der Waals surface area (Å²) in [4.78, 5) is 37.2. The lowest BCUT2D eigenvalue weighted by molar-refractivity contribution is -0.131. The number of nitrogens with two attached hydrogens (primary N) is 1. The highest BCUT2D eigenvalue weighted by molar-refractivity contribution is 5.89. The molecule has 0 bridgehead atoms. The number of amides is 2. The summed E-state index contributed by atoms with van der Waals surface area (Å²) < 4.78 is 10.2. The Bertz CT molecular complexity index is 685. The van der Waals surface area contributed by atoms with Crippen LogP contribution < -0.4 is 15.8 Å². The van der Waals surface area contributed by atoms with E-state index in [0.717, 1.165) is 0 Å². The lowest BCUT2D eigenvalue weighted by Gasteiger charge is -2.23. The first-order valence-electron chi connectivity index (χ1n) is 9.00. The smallest absolute Gasteiger partial charge is 0.337 e. The number of ether oxygens (including phenoxy) is 2. The van der Waals surface area contributed by atoms with E-state index in [9.17, 15) is 14.4 Å². The molecule has 3 N–H and O–H groups in total. The van der Waals surface area contributed by atoms with Crippen LogP contribution in [-0.2, 0) is 14.3 Å². The molecule has 2 atom stereocenters. The molecule has 0 saturated carbocycles. The van der Waals surface area contributed by atoms with Crippen LogP contribution in [-0.4, -0.2) is 62.1 Å². The Hall–Kier alpha value is -2.32. The van der Waals surface area contributed by atoms with Crippen molar-refractivity contribution in [2.45, 2.75) is 25.8 Å². The first-order valence-corrected chi connectivity index (χ1v) is 9.00. The highest BCUT2D eigenvalue weighted by atomic mass is 35.5. The molecule has 1 aromatic rings. The predicted octanol–water partition coefficient (Wildman–Crippen LogP) is 0.976. The number of nitrogens with one attached hydrogen (secondary N) is 1. The minimum atomic E-state index is -0.435. The van der Waals surface area contributed by atoms with Crippen LogP contribution in [0.4, 0.5) is 0 Å². The maximum absolute atomic E-state index is 12.4. The summed E-state index contributed by atoms with van der Waals surface area (Å²) in [5.41, 5.74) is 6.38. The molecule has 8 nitrogen and oxygen atoms in total. The topological polar surface area (TPSA) is 111 Å². The summed E-state index contributed by atoms with van der Waals surface area (Å²) in [5.74, 6) is -0.364. The standard InChI is InChI=1S/C19H27N3O5.ClH/c1-13(23)22-11-15(6-7-16(20)12-22)18(24)21-8-9-27-17-5-3-4-14(10-17)19(25)26-2;/h3-5,10,15-16H,6-9,11-12,20H2,1-2H3,(H,21,24);1H/t15-,16+;/m1./s1. The Kier molecular flexibility index (Phi) is 9.75. The predicted molar refractivity (Wildman–Crippen MR) is 106 cm³/mol. The zero-order chi connectivity index (χ0) is 19.8. The highest BCUT2D eigenvalue weighted by Crippen LogP contribution is 2.17. The molecule has 1 heterocycles. The average Bonchev–Trinajstić information content (AvgIpc) is 2.86. The lowest BCUT2D eigenvalue weighted by atomic mass is 10.0. The van der Waals surface area contributed by atoms with Gasteiger partial charge in [0.1, 0.15) is 12.4 Å². The third kappa shape index (κ3) is 7.01. The van der Waals surface area contributed by atoms with Crippen LogP contribution in [0.5, 0.6) is 5.75 Å². The number of hydrogen-bond donors (Lipinski definition) is 2. The molecule has 0 unspecified atom stereocenters. The number of nitrogens with zero attached hydrogens (tertiary/aromatic N) is 1. The fourth-order valence-corrected chi connectivity index (χ4v) is 3.01. The van der Waals surface area contributed by atoms with E-state index < -0.39 is 5.97 Å². The maximum atomic E-state index is 12.4. The van der Waals surface area contributed by atoms with E-state index in [1.165, 1.54) is 14.0 Å². The van der Waals surface area contributed by atoms with Crippen LogP contribution in [0.25, 0.3) is 0 Å². The van der Waals surface area contributed by atoms with Crippen LogP contribution in [0.15, 0.2) is 24.3 Å². The van der Waals surface area contributed by atoms with Gasteiger partial charge in [-0.1, -0.05) is 6.07 Å². The van der Waals surface area contributed by atoms with Crippen molar-refractivity contribution in [2.75, 3.05) is 33.4 Å². The van der Waals surface area contributed by atoms with E-state index in [1.54, 1.807) is 29.2 Å². The maximum Gasteiger partial charge on any atom is 0.337 e. The van der Waals surface area contributed by atoms with E-state index >= 15 is 0 Å². The zero-order valence-corrected chi connectivity index (χ0v) is 17.0. The Morgan fingerprint density at radius 1 is 1.25 bits per heavy atom. The monoisotopic (exact) mass is 413 g/mol. The van der Waals surface area contributed by atoms with Gasteiger partial charge in [-0.05, 0) is 31.0 Å². The van der Waals surface area contributed by atoms with Gasteiger partial charge in [0.25, 0.3) is 0 Å². The van der Waals surface area contributed by atoms with Gasteiger partial charge in [-0.2, -0.15) is 0 Å². The van der Waals surface area contributed by atoms with Gasteiger partial charge in [-0.15, -0.1) is 12.4 Å². The number of halogens is 1. The fraction of sp³-hybridized carbons (Fsp3) is 0.526. The summed E-state index contributed by atoms with van der Waals surface area (Å²) in [5, 5.41) is 2.84. The number of rotatable bonds is 6. The molecular formula is C19H28ClN3O5. The molecule has 1 aliphatic rings. The summed E-state index contributed by atoms with van der Waals surface area (Å²) in [7, 11) is 1.32. The van der Waals surface area contributed by atoms with Crippen molar-refractivity contribution < 1.29 is 23.9 Å². The van der Waals surface area contributed by atoms with Gasteiger partial charge in [-0.3, -0.25) is 9.59 Å². The number of benzene rings is 1. The molecule has 1 fully saturated rings. The van der Waals surface area contributed by atoms with Gasteiger partial charge in [0.2, 0.25) is 11.8 Å². The third-order valence-electron chi connectivity index (χ3n) is 4.52. The van der Waals surface area contributed by atoms with Crippen molar-refractivity contribution in [2.24, 2.45) is 11.7 Å². The zero-order valence-electron chi connectivity index (χ0n) is 16.2. The van der Waals surface area contributed by atoms with Crippen LogP contribution >= 0.6 is 12.4 Å². The second kappa shape index (κ2) is 11.5. The first-order chi connectivity index (χ1) is 12.9. The third-order valence-corrected chi connectivity index (χ3v) is 4.52. The van der Waals surface area contributed by atoms with E-state index in [-0.39, 0.29) is 42.8 Å². The molecule has 0 aliphatic carbocycles. The van der Waals surface area contributed by atoms with E-state index in [0.29, 0.717) is 43.8 Å². The van der Waals surface area contributed by atoms with Crippen LogP contribution in [0.1, 0.15) is 30.1 Å². The van der Waals surface area contributed by atoms with Gasteiger partial charge >= 0.3 is 5.97 Å².